The van der Waals surface area contributed by atoms with E-state index in [0.29, 0.717) is 23.3 Å². The van der Waals surface area contributed by atoms with E-state index in [1.807, 2.05) is 0 Å². The van der Waals surface area contributed by atoms with Crippen molar-refractivity contribution >= 4 is 143 Å². The maximum absolute atomic E-state index is 6.79. The Bertz CT molecular complexity index is 8120. The van der Waals surface area contributed by atoms with Crippen molar-refractivity contribution < 1.29 is 8.83 Å². The molecule has 116 heavy (non-hydrogen) atoms. The lowest BCUT2D eigenvalue weighted by Gasteiger charge is -2.24. The summed E-state index contributed by atoms with van der Waals surface area (Å²) >= 11 is 0. The first-order valence-electron chi connectivity index (χ1n) is 39.5. The Morgan fingerprint density at radius 2 is 0.793 bits per heavy atom. The van der Waals surface area contributed by atoms with Gasteiger partial charge in [-0.1, -0.05) is 255 Å². The summed E-state index contributed by atoms with van der Waals surface area (Å²) in [5.74, 6) is 3.14. The first-order valence-corrected chi connectivity index (χ1v) is 39.5. The lowest BCUT2D eigenvalue weighted by Crippen LogP contribution is -2.33. The Morgan fingerprint density at radius 1 is 0.302 bits per heavy atom. The van der Waals surface area contributed by atoms with Crippen LogP contribution in [0.25, 0.3) is 205 Å². The van der Waals surface area contributed by atoms with Crippen LogP contribution in [0.4, 0.5) is 0 Å². The number of rotatable bonds is 11. The van der Waals surface area contributed by atoms with Gasteiger partial charge in [0, 0.05) is 87.5 Å². The van der Waals surface area contributed by atoms with Gasteiger partial charge in [0.05, 0.1) is 17.1 Å². The first kappa shape index (κ1) is 65.3. The minimum atomic E-state index is -0.363. The zero-order valence-electron chi connectivity index (χ0n) is 62.5. The number of nitrogens with one attached hydrogen (secondary N) is 1. The molecule has 542 valence electrons. The molecule has 1 aliphatic carbocycles. The molecule has 10 heteroatoms. The molecule has 2 aliphatic rings. The average molecular weight is 1480 g/mol. The van der Waals surface area contributed by atoms with E-state index in [4.69, 9.17) is 33.8 Å². The number of furan rings is 2. The maximum atomic E-state index is 6.79. The third-order valence-electron chi connectivity index (χ3n) is 23.9. The molecule has 10 nitrogen and oxygen atoms in total. The number of aromatic nitrogens is 5. The summed E-state index contributed by atoms with van der Waals surface area (Å²) in [7, 11) is 0. The molecule has 17 aromatic carbocycles. The molecule has 0 radical (unpaired) electrons. The van der Waals surface area contributed by atoms with E-state index in [1.54, 1.807) is 0 Å². The highest BCUT2D eigenvalue weighted by Crippen LogP contribution is 2.42. The third-order valence-corrected chi connectivity index (χ3v) is 23.9. The van der Waals surface area contributed by atoms with Gasteiger partial charge < -0.3 is 23.3 Å². The summed E-state index contributed by atoms with van der Waals surface area (Å²) in [6.07, 6.45) is 5.09. The summed E-state index contributed by atoms with van der Waals surface area (Å²) in [6, 6.07) is 128. The molecule has 0 bridgehead atoms. The predicted octanol–water partition coefficient (Wildman–Crippen LogP) is 25.0. The van der Waals surface area contributed by atoms with Crippen molar-refractivity contribution in [2.24, 2.45) is 9.98 Å². The van der Waals surface area contributed by atoms with Gasteiger partial charge in [0.15, 0.2) is 23.3 Å². The van der Waals surface area contributed by atoms with Crippen LogP contribution in [-0.2, 0) is 0 Å². The lowest BCUT2D eigenvalue weighted by atomic mass is 9.97. The molecule has 22 aromatic rings. The Balaban J connectivity index is 0.530. The molecule has 2 unspecified atom stereocenters. The second-order valence-corrected chi connectivity index (χ2v) is 30.7. The SMILES string of the molecule is C1=c2oc3cc(C4=NC(c5ccc6ccccc6c5)=NC(c5ccc6ccccc6c5)N4)ccc3c2=CC(n2c3ccccc3c3cc(-c4ccc(-c5ccc6ccc(-c7nc(-c8ccc9ccccc9c8)nc(-c8ccc9c(c8)oc8ccc(-n%10c%11ccccc%11c%11ccc(-c%12ccccc%12)cc%11%10)cc89)n7)cc6c5)cc4)ccc32)C1. The van der Waals surface area contributed by atoms with E-state index in [-0.39, 0.29) is 12.2 Å². The molecule has 0 saturated heterocycles. The molecule has 1 N–H and O–H groups in total. The van der Waals surface area contributed by atoms with Gasteiger partial charge in [-0.25, -0.2) is 24.9 Å². The van der Waals surface area contributed by atoms with E-state index < -0.39 is 0 Å². The number of para-hydroxylation sites is 2. The molecule has 0 spiro atoms. The fourth-order valence-electron chi connectivity index (χ4n) is 18.0. The van der Waals surface area contributed by atoms with Gasteiger partial charge in [0.2, 0.25) is 0 Å². The van der Waals surface area contributed by atoms with Crippen LogP contribution >= 0.6 is 0 Å². The zero-order chi connectivity index (χ0) is 76.1. The van der Waals surface area contributed by atoms with Crippen molar-refractivity contribution in [2.75, 3.05) is 0 Å². The number of aliphatic imine (C=N–C) groups is 2. The van der Waals surface area contributed by atoms with Crippen LogP contribution in [0.5, 0.6) is 0 Å². The number of nitrogens with zero attached hydrogens (tertiary/aromatic N) is 7. The average Bonchev–Trinajstić information content (AvgIpc) is 1.62. The van der Waals surface area contributed by atoms with Gasteiger partial charge in [0.1, 0.15) is 34.2 Å². The van der Waals surface area contributed by atoms with Crippen molar-refractivity contribution in [2.45, 2.75) is 18.6 Å². The van der Waals surface area contributed by atoms with E-state index in [0.717, 1.165) is 155 Å². The molecule has 1 aliphatic heterocycles. The molecular weight excluding hydrogens is 1420 g/mol. The third kappa shape index (κ3) is 11.0. The fourth-order valence-corrected chi connectivity index (χ4v) is 18.0. The van der Waals surface area contributed by atoms with Crippen molar-refractivity contribution in [1.29, 1.82) is 0 Å². The van der Waals surface area contributed by atoms with E-state index in [1.165, 1.54) is 59.9 Å². The monoisotopic (exact) mass is 1480 g/mol. The standard InChI is InChI=1S/C106H66N8O2/c1-2-14-63(15-3-1)75-40-46-87-85-22-10-12-24-93(85)114(96(87)58-75)84-45-51-98-92(62-84)89-48-42-81(60-100(89)116-98)106-111-103(78-38-33-66-18-6-9-21-72(66)54-78)108-104(112-106)79-39-34-69-30-35-73(55-82(69)56-79)67-26-28-68(29-27-67)74-43-49-95-90(57-74)86-23-11-13-25-94(86)113(95)83-44-50-97-91(61-83)88-47-41-80(59-99(88)115-97)105-109-101(76-36-31-64-16-4-7-19-70(64)52-76)107-102(110-105)77-37-32-65-17-5-8-20-71(65)53-77/h1-43,45-62,83,101H,44H2,(H,107,109,110). The summed E-state index contributed by atoms with van der Waals surface area (Å²) in [5.41, 5.74) is 21.5. The second-order valence-electron chi connectivity index (χ2n) is 30.7. The summed E-state index contributed by atoms with van der Waals surface area (Å²) in [6.45, 7) is 0. The summed E-state index contributed by atoms with van der Waals surface area (Å²) < 4.78 is 18.5. The normalized spacial score (nSPS) is 14.3. The first-order chi connectivity index (χ1) is 57.4. The highest BCUT2D eigenvalue weighted by molar-refractivity contribution is 6.16. The van der Waals surface area contributed by atoms with Crippen LogP contribution in [0.3, 0.4) is 0 Å². The predicted molar refractivity (Wildman–Crippen MR) is 477 cm³/mol. The highest BCUT2D eigenvalue weighted by atomic mass is 16.3. The molecule has 0 amide bonds. The molecule has 6 heterocycles. The van der Waals surface area contributed by atoms with Crippen LogP contribution in [-0.4, -0.2) is 35.8 Å². The largest absolute Gasteiger partial charge is 0.456 e. The van der Waals surface area contributed by atoms with E-state index >= 15 is 0 Å². The minimum Gasteiger partial charge on any atom is -0.456 e. The second kappa shape index (κ2) is 26.1. The minimum absolute atomic E-state index is 0.0426. The van der Waals surface area contributed by atoms with E-state index in [2.05, 4.69) is 385 Å². The van der Waals surface area contributed by atoms with E-state index in [9.17, 15) is 0 Å². The molecule has 0 fully saturated rings. The number of hydrogen-bond acceptors (Lipinski definition) is 8. The zero-order valence-corrected chi connectivity index (χ0v) is 62.5. The van der Waals surface area contributed by atoms with Crippen LogP contribution in [0, 0.1) is 0 Å². The summed E-state index contributed by atoms with van der Waals surface area (Å²) in [4.78, 5) is 26.4. The van der Waals surface area contributed by atoms with Crippen LogP contribution < -0.4 is 16.0 Å². The Morgan fingerprint density at radius 3 is 1.53 bits per heavy atom. The van der Waals surface area contributed by atoms with Gasteiger partial charge in [0.25, 0.3) is 0 Å². The Labute approximate surface area is 664 Å². The quantitative estimate of drug-likeness (QED) is 0.138. The Hall–Kier alpha value is -15.4. The maximum Gasteiger partial charge on any atom is 0.164 e. The van der Waals surface area contributed by atoms with Crippen LogP contribution in [0.15, 0.2) is 377 Å². The fraction of sp³-hybridized carbons (Fsp3) is 0.0283. The van der Waals surface area contributed by atoms with Crippen LogP contribution in [0.2, 0.25) is 0 Å². The number of hydrogen-bond donors (Lipinski definition) is 1. The molecule has 0 saturated carbocycles. The number of amidine groups is 2. The smallest absolute Gasteiger partial charge is 0.164 e. The topological polar surface area (TPSA) is 112 Å². The Kier molecular flexibility index (Phi) is 14.7. The number of benzene rings is 17. The van der Waals surface area contributed by atoms with Gasteiger partial charge in [-0.3, -0.25) is 0 Å². The van der Waals surface area contributed by atoms with Crippen LogP contribution in [0.1, 0.15) is 35.3 Å². The van der Waals surface area contributed by atoms with Crippen molar-refractivity contribution in [3.63, 3.8) is 0 Å². The van der Waals surface area contributed by atoms with Gasteiger partial charge in [-0.05, 0) is 204 Å². The highest BCUT2D eigenvalue weighted by Gasteiger charge is 2.26. The molecule has 5 aromatic heterocycles. The summed E-state index contributed by atoms with van der Waals surface area (Å²) in [5, 5.41) is 21.9. The van der Waals surface area contributed by atoms with Gasteiger partial charge >= 0.3 is 0 Å². The molecule has 2 atom stereocenters. The number of fused-ring (bicyclic) bond motifs is 16. The van der Waals surface area contributed by atoms with Crippen molar-refractivity contribution in [3.05, 3.63) is 385 Å². The van der Waals surface area contributed by atoms with Crippen molar-refractivity contribution in [1.82, 2.24) is 29.4 Å². The molecular formula is C106H66N8O2. The van der Waals surface area contributed by atoms with Gasteiger partial charge in [-0.15, -0.1) is 0 Å². The van der Waals surface area contributed by atoms with Gasteiger partial charge in [-0.2, -0.15) is 0 Å². The lowest BCUT2D eigenvalue weighted by molar-refractivity contribution is 0.564. The van der Waals surface area contributed by atoms with Crippen molar-refractivity contribution in [3.8, 4) is 73.2 Å². The molecule has 24 rings (SSSR count).